The van der Waals surface area contributed by atoms with Gasteiger partial charge < -0.3 is 9.57 Å². The van der Waals surface area contributed by atoms with Gasteiger partial charge in [-0.15, -0.1) is 6.58 Å². The molecule has 0 saturated heterocycles. The molecule has 0 radical (unpaired) electrons. The quantitative estimate of drug-likeness (QED) is 0.421. The van der Waals surface area contributed by atoms with Crippen LogP contribution in [0.2, 0.25) is 0 Å². The molecule has 0 heterocycles. The maximum Gasteiger partial charge on any atom is 0.329 e. The fourth-order valence-electron chi connectivity index (χ4n) is 1.33. The largest absolute Gasteiger partial charge is 0.493 e. The smallest absolute Gasteiger partial charge is 0.329 e. The topological polar surface area (TPSA) is 73.6 Å². The van der Waals surface area contributed by atoms with Crippen molar-refractivity contribution in [3.8, 4) is 5.75 Å². The van der Waals surface area contributed by atoms with E-state index in [1.54, 1.807) is 6.08 Å². The molecule has 0 atom stereocenters. The van der Waals surface area contributed by atoms with Crippen LogP contribution in [0.3, 0.4) is 0 Å². The van der Waals surface area contributed by atoms with Gasteiger partial charge in [0.15, 0.2) is 0 Å². The van der Waals surface area contributed by atoms with Crippen LogP contribution < -0.4 is 16.2 Å². The number of ether oxygens (including phenoxy) is 1. The van der Waals surface area contributed by atoms with Gasteiger partial charge in [0.2, 0.25) is 0 Å². The standard InChI is InChI=1S/C12H16N2O3/c1-2-5-10-6-3-4-7-11(10)16-9-8-12(15)17-14-13/h2-4,6-7,14H,1,5,8-9,13H2. The molecule has 0 aromatic heterocycles. The number of benzene rings is 1. The van der Waals surface area contributed by atoms with Crippen LogP contribution in [0.1, 0.15) is 12.0 Å². The lowest BCUT2D eigenvalue weighted by molar-refractivity contribution is -0.151. The number of allylic oxidation sites excluding steroid dienone is 1. The highest BCUT2D eigenvalue weighted by molar-refractivity contribution is 5.69. The first kappa shape index (κ1) is 13.2. The van der Waals surface area contributed by atoms with E-state index < -0.39 is 5.97 Å². The maximum absolute atomic E-state index is 11.0. The van der Waals surface area contributed by atoms with Gasteiger partial charge in [-0.2, -0.15) is 0 Å². The molecule has 0 aliphatic rings. The van der Waals surface area contributed by atoms with E-state index in [0.29, 0.717) is 0 Å². The number of nitrogens with one attached hydrogen (secondary N) is 1. The minimum absolute atomic E-state index is 0.132. The van der Waals surface area contributed by atoms with Crippen LogP contribution in [0.15, 0.2) is 36.9 Å². The van der Waals surface area contributed by atoms with Gasteiger partial charge in [0.25, 0.3) is 0 Å². The molecule has 0 fully saturated rings. The molecular weight excluding hydrogens is 220 g/mol. The average Bonchev–Trinajstić information content (AvgIpc) is 2.32. The number of nitrogens with two attached hydrogens (primary N) is 1. The van der Waals surface area contributed by atoms with E-state index in [2.05, 4.69) is 11.4 Å². The third-order valence-corrected chi connectivity index (χ3v) is 2.07. The van der Waals surface area contributed by atoms with Gasteiger partial charge >= 0.3 is 5.97 Å². The summed E-state index contributed by atoms with van der Waals surface area (Å²) in [5.41, 5.74) is 2.86. The van der Waals surface area contributed by atoms with Crippen LogP contribution >= 0.6 is 0 Å². The van der Waals surface area contributed by atoms with E-state index in [0.717, 1.165) is 17.7 Å². The SMILES string of the molecule is C=CCc1ccccc1OCCC(=O)ONN. The van der Waals surface area contributed by atoms with Crippen LogP contribution in [-0.2, 0) is 16.1 Å². The summed E-state index contributed by atoms with van der Waals surface area (Å²) in [7, 11) is 0. The fraction of sp³-hybridized carbons (Fsp3) is 0.250. The lowest BCUT2D eigenvalue weighted by Crippen LogP contribution is -2.27. The molecule has 5 nitrogen and oxygen atoms in total. The summed E-state index contributed by atoms with van der Waals surface area (Å²) in [6.45, 7) is 3.92. The van der Waals surface area contributed by atoms with Crippen LogP contribution in [-0.4, -0.2) is 12.6 Å². The summed E-state index contributed by atoms with van der Waals surface area (Å²) in [6.07, 6.45) is 2.66. The molecule has 1 rings (SSSR count). The van der Waals surface area contributed by atoms with E-state index in [9.17, 15) is 4.79 Å². The summed E-state index contributed by atoms with van der Waals surface area (Å²) in [5, 5.41) is 0. The summed E-state index contributed by atoms with van der Waals surface area (Å²) in [4.78, 5) is 15.3. The van der Waals surface area contributed by atoms with Crippen LogP contribution in [0, 0.1) is 0 Å². The minimum atomic E-state index is -0.464. The van der Waals surface area contributed by atoms with E-state index in [4.69, 9.17) is 10.6 Å². The maximum atomic E-state index is 11.0. The minimum Gasteiger partial charge on any atom is -0.493 e. The van der Waals surface area contributed by atoms with Crippen molar-refractivity contribution in [2.45, 2.75) is 12.8 Å². The lowest BCUT2D eigenvalue weighted by Gasteiger charge is -2.09. The lowest BCUT2D eigenvalue weighted by atomic mass is 10.1. The van der Waals surface area contributed by atoms with Crippen molar-refractivity contribution in [1.82, 2.24) is 5.59 Å². The molecule has 0 unspecified atom stereocenters. The van der Waals surface area contributed by atoms with Crippen molar-refractivity contribution in [2.75, 3.05) is 6.61 Å². The molecule has 5 heteroatoms. The Morgan fingerprint density at radius 2 is 2.24 bits per heavy atom. The monoisotopic (exact) mass is 236 g/mol. The normalized spacial score (nSPS) is 9.71. The second-order valence-electron chi connectivity index (χ2n) is 3.29. The Morgan fingerprint density at radius 1 is 1.47 bits per heavy atom. The van der Waals surface area contributed by atoms with E-state index in [-0.39, 0.29) is 13.0 Å². The Balaban J connectivity index is 2.45. The molecule has 0 spiro atoms. The summed E-state index contributed by atoms with van der Waals surface area (Å²) < 4.78 is 5.49. The molecule has 1 aromatic rings. The molecule has 17 heavy (non-hydrogen) atoms. The summed E-state index contributed by atoms with van der Waals surface area (Å²) in [6, 6.07) is 7.61. The van der Waals surface area contributed by atoms with Gasteiger partial charge in [-0.25, -0.2) is 5.84 Å². The Labute approximate surface area is 100 Å². The molecule has 0 bridgehead atoms. The average molecular weight is 236 g/mol. The number of carbonyl (C=O) groups is 1. The first-order valence-corrected chi connectivity index (χ1v) is 5.24. The van der Waals surface area contributed by atoms with Crippen LogP contribution in [0.25, 0.3) is 0 Å². The van der Waals surface area contributed by atoms with Gasteiger partial charge in [-0.1, -0.05) is 29.9 Å². The van der Waals surface area contributed by atoms with Crippen LogP contribution in [0.5, 0.6) is 5.75 Å². The van der Waals surface area contributed by atoms with Gasteiger partial charge in [-0.3, -0.25) is 4.79 Å². The predicted octanol–water partition coefficient (Wildman–Crippen LogP) is 1.11. The van der Waals surface area contributed by atoms with Gasteiger partial charge in [0.05, 0.1) is 13.0 Å². The molecule has 3 N–H and O–H groups in total. The zero-order valence-electron chi connectivity index (χ0n) is 9.52. The molecule has 0 saturated carbocycles. The fourth-order valence-corrected chi connectivity index (χ4v) is 1.33. The second kappa shape index (κ2) is 7.43. The van der Waals surface area contributed by atoms with Gasteiger partial charge in [0, 0.05) is 0 Å². The first-order valence-electron chi connectivity index (χ1n) is 5.24. The second-order valence-corrected chi connectivity index (χ2v) is 3.29. The van der Waals surface area contributed by atoms with Crippen molar-refractivity contribution in [3.05, 3.63) is 42.5 Å². The highest BCUT2D eigenvalue weighted by atomic mass is 16.7. The number of para-hydroxylation sites is 1. The highest BCUT2D eigenvalue weighted by Gasteiger charge is 2.05. The van der Waals surface area contributed by atoms with Crippen molar-refractivity contribution >= 4 is 5.97 Å². The highest BCUT2D eigenvalue weighted by Crippen LogP contribution is 2.18. The zero-order chi connectivity index (χ0) is 12.5. The molecule has 0 amide bonds. The van der Waals surface area contributed by atoms with Crippen molar-refractivity contribution in [3.63, 3.8) is 0 Å². The number of carbonyl (C=O) groups excluding carboxylic acids is 1. The van der Waals surface area contributed by atoms with Crippen molar-refractivity contribution in [2.24, 2.45) is 5.84 Å². The first-order chi connectivity index (χ1) is 8.27. The third kappa shape index (κ3) is 4.67. The Hall–Kier alpha value is -1.85. The van der Waals surface area contributed by atoms with Crippen molar-refractivity contribution < 1.29 is 14.4 Å². The predicted molar refractivity (Wildman–Crippen MR) is 63.9 cm³/mol. The van der Waals surface area contributed by atoms with E-state index in [1.165, 1.54) is 0 Å². The third-order valence-electron chi connectivity index (χ3n) is 2.07. The molecule has 92 valence electrons. The Kier molecular flexibility index (Phi) is 5.77. The van der Waals surface area contributed by atoms with Gasteiger partial charge in [0.1, 0.15) is 5.75 Å². The Bertz CT molecular complexity index is 380. The Morgan fingerprint density at radius 3 is 2.94 bits per heavy atom. The number of rotatable bonds is 7. The zero-order valence-corrected chi connectivity index (χ0v) is 9.52. The summed E-state index contributed by atoms with van der Waals surface area (Å²) >= 11 is 0. The molecule has 0 aliphatic heterocycles. The van der Waals surface area contributed by atoms with Gasteiger partial charge in [-0.05, 0) is 18.1 Å². The number of hydrogen-bond acceptors (Lipinski definition) is 5. The van der Waals surface area contributed by atoms with E-state index >= 15 is 0 Å². The van der Waals surface area contributed by atoms with Crippen LogP contribution in [0.4, 0.5) is 0 Å². The van der Waals surface area contributed by atoms with Crippen molar-refractivity contribution in [1.29, 1.82) is 0 Å². The summed E-state index contributed by atoms with van der Waals surface area (Å²) in [5.74, 6) is 5.12. The number of hydrazine groups is 1. The van der Waals surface area contributed by atoms with E-state index in [1.807, 2.05) is 29.9 Å². The molecular formula is C12H16N2O3. The number of hydrogen-bond donors (Lipinski definition) is 2. The molecule has 0 aliphatic carbocycles. The molecule has 1 aromatic carbocycles.